The van der Waals surface area contributed by atoms with E-state index in [2.05, 4.69) is 55.4 Å². The molecule has 17 nitrogen and oxygen atoms in total. The lowest BCUT2D eigenvalue weighted by Gasteiger charge is -2.21. The standard InChI is InChI=1S/C73H142O17P2/c1-9-65(7)51-43-35-26-22-19-20-24-28-39-47-55-72(77)89-68(60-84-71(76)54-46-38-32-30-36-44-52-66(8)10-2)61-87-91(79,80)85-57-67(74)58-86-92(81,82)88-62-69(90-73(78)56-48-40-31-29-34-42-50-64(5)6)59-83-70(75)53-45-37-27-23-18-16-14-12-11-13-15-17-21-25-33-41-49-63(3)4/h63-69,74H,9-62H2,1-8H3,(H,79,80)(H,81,82)/t65?,66?,67-,68+,69+/m0/s1. The summed E-state index contributed by atoms with van der Waals surface area (Å²) in [5, 5.41) is 10.6. The molecule has 546 valence electrons. The highest BCUT2D eigenvalue weighted by atomic mass is 31.2. The molecule has 0 saturated carbocycles. The topological polar surface area (TPSA) is 237 Å². The number of rotatable bonds is 70. The lowest BCUT2D eigenvalue weighted by atomic mass is 9.99. The number of phosphoric acid groups is 2. The van der Waals surface area contributed by atoms with E-state index < -0.39 is 97.5 Å². The molecule has 0 rings (SSSR count). The van der Waals surface area contributed by atoms with Crippen molar-refractivity contribution in [3.63, 3.8) is 0 Å². The minimum absolute atomic E-state index is 0.102. The first-order valence-corrected chi connectivity index (χ1v) is 40.8. The smallest absolute Gasteiger partial charge is 0.462 e. The van der Waals surface area contributed by atoms with Gasteiger partial charge in [0.25, 0.3) is 0 Å². The minimum Gasteiger partial charge on any atom is -0.462 e. The molecule has 0 bridgehead atoms. The van der Waals surface area contributed by atoms with E-state index in [9.17, 15) is 43.2 Å². The molecule has 0 amide bonds. The van der Waals surface area contributed by atoms with Gasteiger partial charge >= 0.3 is 39.5 Å². The van der Waals surface area contributed by atoms with Crippen LogP contribution in [0.1, 0.15) is 364 Å². The molecule has 7 atom stereocenters. The molecule has 0 aromatic rings. The molecule has 0 aliphatic heterocycles. The Bertz CT molecular complexity index is 1820. The van der Waals surface area contributed by atoms with Gasteiger partial charge in [-0.05, 0) is 49.4 Å². The normalized spacial score (nSPS) is 14.8. The van der Waals surface area contributed by atoms with Gasteiger partial charge in [-0.25, -0.2) is 9.13 Å². The van der Waals surface area contributed by atoms with Crippen molar-refractivity contribution >= 4 is 39.5 Å². The Morgan fingerprint density at radius 1 is 0.304 bits per heavy atom. The lowest BCUT2D eigenvalue weighted by Crippen LogP contribution is -2.30. The zero-order valence-corrected chi connectivity index (χ0v) is 62.0. The van der Waals surface area contributed by atoms with Crippen molar-refractivity contribution in [2.75, 3.05) is 39.6 Å². The first-order chi connectivity index (χ1) is 44.2. The van der Waals surface area contributed by atoms with Crippen molar-refractivity contribution in [2.24, 2.45) is 23.7 Å². The van der Waals surface area contributed by atoms with Gasteiger partial charge in [0.1, 0.15) is 19.3 Å². The van der Waals surface area contributed by atoms with Crippen LogP contribution in [-0.4, -0.2) is 96.7 Å². The summed E-state index contributed by atoms with van der Waals surface area (Å²) in [6, 6.07) is 0. The Kier molecular flexibility index (Phi) is 61.3. The molecule has 0 fully saturated rings. The first kappa shape index (κ1) is 90.1. The Balaban J connectivity index is 5.17. The molecule has 0 radical (unpaired) electrons. The fourth-order valence-corrected chi connectivity index (χ4v) is 12.5. The first-order valence-electron chi connectivity index (χ1n) is 37.8. The molecule has 92 heavy (non-hydrogen) atoms. The van der Waals surface area contributed by atoms with Gasteiger partial charge < -0.3 is 33.8 Å². The Labute approximate surface area is 562 Å². The van der Waals surface area contributed by atoms with Crippen molar-refractivity contribution in [3.8, 4) is 0 Å². The zero-order valence-electron chi connectivity index (χ0n) is 60.2. The molecule has 0 aliphatic carbocycles. The van der Waals surface area contributed by atoms with Crippen LogP contribution in [0.25, 0.3) is 0 Å². The maximum atomic E-state index is 13.0. The number of esters is 4. The fraction of sp³-hybridized carbons (Fsp3) is 0.945. The van der Waals surface area contributed by atoms with Crippen LogP contribution >= 0.6 is 15.6 Å². The summed E-state index contributed by atoms with van der Waals surface area (Å²) in [7, 11) is -9.91. The number of aliphatic hydroxyl groups is 1. The number of hydrogen-bond donors (Lipinski definition) is 3. The van der Waals surface area contributed by atoms with Gasteiger partial charge in [-0.15, -0.1) is 0 Å². The highest BCUT2D eigenvalue weighted by Gasteiger charge is 2.30. The summed E-state index contributed by atoms with van der Waals surface area (Å²) in [4.78, 5) is 72.6. The molecular weight excluding hydrogens is 1210 g/mol. The van der Waals surface area contributed by atoms with Gasteiger partial charge in [0.05, 0.1) is 26.4 Å². The maximum absolute atomic E-state index is 13.0. The predicted molar refractivity (Wildman–Crippen MR) is 372 cm³/mol. The molecule has 0 spiro atoms. The molecule has 0 aromatic heterocycles. The predicted octanol–water partition coefficient (Wildman–Crippen LogP) is 20.9. The summed E-state index contributed by atoms with van der Waals surface area (Å²) in [6.07, 6.45) is 46.0. The Morgan fingerprint density at radius 3 is 0.772 bits per heavy atom. The summed E-state index contributed by atoms with van der Waals surface area (Å²) in [5.74, 6) is 0.885. The van der Waals surface area contributed by atoms with Crippen LogP contribution in [0.3, 0.4) is 0 Å². The number of phosphoric ester groups is 2. The van der Waals surface area contributed by atoms with Gasteiger partial charge in [0, 0.05) is 25.7 Å². The van der Waals surface area contributed by atoms with Crippen LogP contribution in [0.5, 0.6) is 0 Å². The summed E-state index contributed by atoms with van der Waals surface area (Å²) in [6.45, 7) is 14.1. The molecule has 19 heteroatoms. The molecule has 3 N–H and O–H groups in total. The van der Waals surface area contributed by atoms with Crippen molar-refractivity contribution in [1.82, 2.24) is 0 Å². The third-order valence-electron chi connectivity index (χ3n) is 17.5. The number of ether oxygens (including phenoxy) is 4. The second-order valence-corrected chi connectivity index (χ2v) is 30.7. The van der Waals surface area contributed by atoms with Crippen molar-refractivity contribution in [2.45, 2.75) is 382 Å². The van der Waals surface area contributed by atoms with E-state index in [1.165, 1.54) is 161 Å². The van der Waals surface area contributed by atoms with Gasteiger partial charge in [-0.1, -0.05) is 312 Å². The fourth-order valence-electron chi connectivity index (χ4n) is 11.0. The average molecular weight is 1350 g/mol. The van der Waals surface area contributed by atoms with Crippen LogP contribution in [0, 0.1) is 23.7 Å². The van der Waals surface area contributed by atoms with E-state index in [0.29, 0.717) is 31.6 Å². The molecule has 0 heterocycles. The van der Waals surface area contributed by atoms with Crippen molar-refractivity contribution in [1.29, 1.82) is 0 Å². The molecule has 4 unspecified atom stereocenters. The Hall–Kier alpha value is -1.94. The number of aliphatic hydroxyl groups excluding tert-OH is 1. The van der Waals surface area contributed by atoms with Gasteiger partial charge in [0.15, 0.2) is 12.2 Å². The molecular formula is C73H142O17P2. The quantitative estimate of drug-likeness (QED) is 0.0222. The highest BCUT2D eigenvalue weighted by molar-refractivity contribution is 7.47. The van der Waals surface area contributed by atoms with E-state index in [0.717, 1.165) is 114 Å². The molecule has 0 aliphatic rings. The number of carbonyl (C=O) groups excluding carboxylic acids is 4. The van der Waals surface area contributed by atoms with E-state index in [1.54, 1.807) is 0 Å². The van der Waals surface area contributed by atoms with E-state index in [1.807, 2.05) is 0 Å². The second kappa shape index (κ2) is 62.6. The van der Waals surface area contributed by atoms with Gasteiger partial charge in [-0.2, -0.15) is 0 Å². The number of hydrogen-bond acceptors (Lipinski definition) is 15. The van der Waals surface area contributed by atoms with E-state index >= 15 is 0 Å². The zero-order chi connectivity index (χ0) is 68.2. The van der Waals surface area contributed by atoms with Crippen molar-refractivity contribution in [3.05, 3.63) is 0 Å². The lowest BCUT2D eigenvalue weighted by molar-refractivity contribution is -0.161. The SMILES string of the molecule is CCC(C)CCCCCCCCCCCCC(=O)O[C@H](COC(=O)CCCCCCCCC(C)CC)COP(=O)(O)OC[C@H](O)COP(=O)(O)OC[C@@H](COC(=O)CCCCCCCCCCCCCCCCCCC(C)C)OC(=O)CCCCCCCCC(C)C. The van der Waals surface area contributed by atoms with Crippen LogP contribution in [-0.2, 0) is 65.4 Å². The largest absolute Gasteiger partial charge is 0.472 e. The van der Waals surface area contributed by atoms with Crippen LogP contribution in [0.4, 0.5) is 0 Å². The Morgan fingerprint density at radius 2 is 0.522 bits per heavy atom. The highest BCUT2D eigenvalue weighted by Crippen LogP contribution is 2.45. The molecule has 0 aromatic carbocycles. The van der Waals surface area contributed by atoms with Crippen LogP contribution in [0.15, 0.2) is 0 Å². The third kappa shape index (κ3) is 64.1. The van der Waals surface area contributed by atoms with Gasteiger partial charge in [-0.3, -0.25) is 37.3 Å². The second-order valence-electron chi connectivity index (χ2n) is 27.8. The number of unbranched alkanes of at least 4 members (excludes halogenated alkanes) is 34. The van der Waals surface area contributed by atoms with Crippen LogP contribution < -0.4 is 0 Å². The van der Waals surface area contributed by atoms with Gasteiger partial charge in [0.2, 0.25) is 0 Å². The third-order valence-corrected chi connectivity index (χ3v) is 19.4. The number of carbonyl (C=O) groups is 4. The average Bonchev–Trinajstić information content (AvgIpc) is 3.64. The molecule has 0 saturated heterocycles. The maximum Gasteiger partial charge on any atom is 0.472 e. The summed E-state index contributed by atoms with van der Waals surface area (Å²) >= 11 is 0. The summed E-state index contributed by atoms with van der Waals surface area (Å²) in [5.41, 5.74) is 0. The monoisotopic (exact) mass is 1350 g/mol. The summed E-state index contributed by atoms with van der Waals surface area (Å²) < 4.78 is 68.3. The minimum atomic E-state index is -4.95. The van der Waals surface area contributed by atoms with Crippen molar-refractivity contribution < 1.29 is 80.2 Å². The van der Waals surface area contributed by atoms with E-state index in [4.69, 9.17) is 37.0 Å². The van der Waals surface area contributed by atoms with E-state index in [-0.39, 0.29) is 25.7 Å². The van der Waals surface area contributed by atoms with Crippen LogP contribution in [0.2, 0.25) is 0 Å².